The molecule has 0 unspecified atom stereocenters. The standard InChI is InChI=1S/C24H19F5N4O3/c25-16-5-13(6-17(26)21(16)36-15-1-3-30-18(7-15)24(27,28)29)2-4-35-19-8-20-32(22(34)31-19)12-23-9-14(10-23)11-33(20)23/h1,3,5-8,14H,2,4,9-12H2. The molecule has 1 aromatic carbocycles. The number of ether oxygens (including phenoxy) is 2. The SMILES string of the molecule is O=c1nc(OCCc2cc(F)c(Oc3ccnc(C(F)(F)F)c3)c(F)c2)cc2n1CC13CC(CN21)C3. The lowest BCUT2D eigenvalue weighted by Crippen LogP contribution is -2.44. The molecule has 3 aliphatic heterocycles. The summed E-state index contributed by atoms with van der Waals surface area (Å²) in [5, 5.41) is 0. The molecule has 2 saturated heterocycles. The summed E-state index contributed by atoms with van der Waals surface area (Å²) in [5.74, 6) is -1.80. The molecule has 0 N–H and O–H groups in total. The Morgan fingerprint density at radius 3 is 2.58 bits per heavy atom. The van der Waals surface area contributed by atoms with Crippen molar-refractivity contribution in [3.63, 3.8) is 0 Å². The van der Waals surface area contributed by atoms with Gasteiger partial charge in [-0.15, -0.1) is 0 Å². The zero-order valence-corrected chi connectivity index (χ0v) is 18.7. The fourth-order valence-corrected chi connectivity index (χ4v) is 5.46. The van der Waals surface area contributed by atoms with E-state index in [4.69, 9.17) is 9.47 Å². The first-order chi connectivity index (χ1) is 17.1. The predicted molar refractivity (Wildman–Crippen MR) is 116 cm³/mol. The third-order valence-corrected chi connectivity index (χ3v) is 6.99. The minimum atomic E-state index is -4.73. The smallest absolute Gasteiger partial charge is 0.433 e. The van der Waals surface area contributed by atoms with Gasteiger partial charge in [-0.25, -0.2) is 13.6 Å². The summed E-state index contributed by atoms with van der Waals surface area (Å²) in [6.45, 7) is 1.55. The minimum Gasteiger partial charge on any atom is -0.477 e. The van der Waals surface area contributed by atoms with E-state index in [0.717, 1.165) is 49.6 Å². The van der Waals surface area contributed by atoms with Crippen LogP contribution in [0.5, 0.6) is 17.4 Å². The Balaban J connectivity index is 1.13. The number of benzene rings is 1. The van der Waals surface area contributed by atoms with Gasteiger partial charge in [0.1, 0.15) is 17.3 Å². The van der Waals surface area contributed by atoms with Gasteiger partial charge in [-0.05, 0) is 42.5 Å². The highest BCUT2D eigenvalue weighted by Crippen LogP contribution is 2.56. The first-order valence-corrected chi connectivity index (χ1v) is 11.3. The first-order valence-electron chi connectivity index (χ1n) is 11.3. The summed E-state index contributed by atoms with van der Waals surface area (Å²) in [7, 11) is 0. The van der Waals surface area contributed by atoms with Crippen molar-refractivity contribution < 1.29 is 31.4 Å². The van der Waals surface area contributed by atoms with Gasteiger partial charge < -0.3 is 14.4 Å². The molecular formula is C24H19F5N4O3. The Labute approximate surface area is 201 Å². The van der Waals surface area contributed by atoms with E-state index in [1.54, 1.807) is 10.6 Å². The molecule has 7 rings (SSSR count). The van der Waals surface area contributed by atoms with Crippen LogP contribution in [0.3, 0.4) is 0 Å². The van der Waals surface area contributed by atoms with Crippen LogP contribution in [0.2, 0.25) is 0 Å². The molecule has 2 bridgehead atoms. The number of rotatable bonds is 6. The lowest BCUT2D eigenvalue weighted by molar-refractivity contribution is -0.141. The highest BCUT2D eigenvalue weighted by atomic mass is 19.4. The summed E-state index contributed by atoms with van der Waals surface area (Å²) in [5.41, 5.74) is -1.37. The van der Waals surface area contributed by atoms with E-state index >= 15 is 0 Å². The molecule has 4 aliphatic rings. The van der Waals surface area contributed by atoms with Gasteiger partial charge >= 0.3 is 11.9 Å². The van der Waals surface area contributed by atoms with Crippen LogP contribution in [0.1, 0.15) is 24.1 Å². The van der Waals surface area contributed by atoms with Crippen LogP contribution in [-0.4, -0.2) is 33.2 Å². The molecule has 3 fully saturated rings. The van der Waals surface area contributed by atoms with Crippen LogP contribution in [0.15, 0.2) is 41.3 Å². The van der Waals surface area contributed by atoms with E-state index in [-0.39, 0.29) is 30.0 Å². The monoisotopic (exact) mass is 506 g/mol. The molecule has 3 aromatic rings. The summed E-state index contributed by atoms with van der Waals surface area (Å²) in [6.07, 6.45) is -1.64. The van der Waals surface area contributed by atoms with Crippen LogP contribution in [0, 0.1) is 17.6 Å². The van der Waals surface area contributed by atoms with Crippen molar-refractivity contribution in [3.8, 4) is 17.4 Å². The topological polar surface area (TPSA) is 69.5 Å². The average Bonchev–Trinajstić information content (AvgIpc) is 3.42. The van der Waals surface area contributed by atoms with Gasteiger partial charge in [-0.2, -0.15) is 18.2 Å². The summed E-state index contributed by atoms with van der Waals surface area (Å²) in [4.78, 5) is 21.9. The number of fused-ring (bicyclic) bond motifs is 1. The van der Waals surface area contributed by atoms with E-state index in [9.17, 15) is 26.7 Å². The van der Waals surface area contributed by atoms with Crippen molar-refractivity contribution >= 4 is 5.82 Å². The molecule has 1 spiro atoms. The van der Waals surface area contributed by atoms with Crippen LogP contribution in [-0.2, 0) is 19.1 Å². The van der Waals surface area contributed by atoms with Crippen molar-refractivity contribution in [2.75, 3.05) is 18.1 Å². The van der Waals surface area contributed by atoms with Gasteiger partial charge in [-0.3, -0.25) is 9.55 Å². The lowest BCUT2D eigenvalue weighted by Gasteiger charge is -2.37. The Hall–Kier alpha value is -3.70. The zero-order chi connectivity index (χ0) is 25.2. The third-order valence-electron chi connectivity index (χ3n) is 6.99. The van der Waals surface area contributed by atoms with Crippen molar-refractivity contribution in [2.45, 2.75) is 37.5 Å². The number of hydrogen-bond acceptors (Lipinski definition) is 6. The fourth-order valence-electron chi connectivity index (χ4n) is 5.46. The lowest BCUT2D eigenvalue weighted by atomic mass is 9.74. The molecule has 5 heterocycles. The van der Waals surface area contributed by atoms with Crippen LogP contribution in [0.4, 0.5) is 27.8 Å². The van der Waals surface area contributed by atoms with E-state index in [0.29, 0.717) is 18.5 Å². The van der Waals surface area contributed by atoms with Crippen LogP contribution in [0.25, 0.3) is 0 Å². The largest absolute Gasteiger partial charge is 0.477 e. The highest BCUT2D eigenvalue weighted by Gasteiger charge is 2.60. The zero-order valence-electron chi connectivity index (χ0n) is 18.7. The van der Waals surface area contributed by atoms with E-state index < -0.39 is 40.7 Å². The third kappa shape index (κ3) is 3.75. The van der Waals surface area contributed by atoms with Gasteiger partial charge in [0.15, 0.2) is 17.4 Å². The maximum Gasteiger partial charge on any atom is 0.433 e. The Bertz CT molecular complexity index is 1390. The van der Waals surface area contributed by atoms with Crippen molar-refractivity contribution in [2.24, 2.45) is 5.92 Å². The van der Waals surface area contributed by atoms with Gasteiger partial charge in [-0.1, -0.05) is 0 Å². The maximum atomic E-state index is 14.5. The molecule has 0 radical (unpaired) electrons. The van der Waals surface area contributed by atoms with E-state index in [1.165, 1.54) is 0 Å². The quantitative estimate of drug-likeness (QED) is 0.464. The average molecular weight is 506 g/mol. The molecule has 1 aliphatic carbocycles. The normalized spacial score (nSPS) is 21.7. The van der Waals surface area contributed by atoms with Gasteiger partial charge in [0.2, 0.25) is 5.88 Å². The number of halogens is 5. The first kappa shape index (κ1) is 22.7. The van der Waals surface area contributed by atoms with Gasteiger partial charge in [0.05, 0.1) is 18.7 Å². The van der Waals surface area contributed by atoms with Crippen LogP contribution < -0.4 is 20.1 Å². The Morgan fingerprint density at radius 2 is 1.86 bits per heavy atom. The predicted octanol–water partition coefficient (Wildman–Crippen LogP) is 4.33. The Morgan fingerprint density at radius 1 is 1.11 bits per heavy atom. The number of anilines is 1. The second-order valence-electron chi connectivity index (χ2n) is 9.39. The summed E-state index contributed by atoms with van der Waals surface area (Å²) < 4.78 is 79.9. The van der Waals surface area contributed by atoms with Gasteiger partial charge in [0, 0.05) is 31.3 Å². The Kier molecular flexibility index (Phi) is 4.99. The summed E-state index contributed by atoms with van der Waals surface area (Å²) >= 11 is 0. The molecule has 188 valence electrons. The summed E-state index contributed by atoms with van der Waals surface area (Å²) in [6, 6.07) is 5.37. The number of pyridine rings is 1. The molecular weight excluding hydrogens is 487 g/mol. The molecule has 2 aromatic heterocycles. The molecule has 0 atom stereocenters. The number of nitrogens with zero attached hydrogens (tertiary/aromatic N) is 4. The van der Waals surface area contributed by atoms with Crippen molar-refractivity contribution in [3.05, 3.63) is 69.9 Å². The van der Waals surface area contributed by atoms with Crippen LogP contribution >= 0.6 is 0 Å². The molecule has 12 heteroatoms. The molecule has 1 saturated carbocycles. The minimum absolute atomic E-state index is 0.00203. The van der Waals surface area contributed by atoms with E-state index in [1.807, 2.05) is 0 Å². The second-order valence-corrected chi connectivity index (χ2v) is 9.39. The molecule has 7 nitrogen and oxygen atoms in total. The number of aromatic nitrogens is 3. The molecule has 0 amide bonds. The second kappa shape index (κ2) is 7.90. The van der Waals surface area contributed by atoms with Crippen molar-refractivity contribution in [1.29, 1.82) is 0 Å². The van der Waals surface area contributed by atoms with Crippen molar-refractivity contribution in [1.82, 2.24) is 14.5 Å². The van der Waals surface area contributed by atoms with Gasteiger partial charge in [0.25, 0.3) is 0 Å². The molecule has 36 heavy (non-hydrogen) atoms. The number of alkyl halides is 3. The maximum absolute atomic E-state index is 14.5. The number of hydrogen-bond donors (Lipinski definition) is 0. The fraction of sp³-hybridized carbons (Fsp3) is 0.375. The van der Waals surface area contributed by atoms with E-state index in [2.05, 4.69) is 14.9 Å². The highest BCUT2D eigenvalue weighted by molar-refractivity contribution is 5.54.